The van der Waals surface area contributed by atoms with Crippen molar-refractivity contribution in [2.75, 3.05) is 20.2 Å². The topological polar surface area (TPSA) is 87.1 Å². The third-order valence-electron chi connectivity index (χ3n) is 7.06. The van der Waals surface area contributed by atoms with Gasteiger partial charge in [0.25, 0.3) is 5.91 Å². The van der Waals surface area contributed by atoms with Crippen LogP contribution in [0, 0.1) is 19.3 Å². The Balaban J connectivity index is 2.38. The molecule has 0 aliphatic rings. The van der Waals surface area contributed by atoms with Crippen LogP contribution in [0.25, 0.3) is 0 Å². The highest BCUT2D eigenvalue weighted by atomic mass is 16.5. The molecule has 0 bridgehead atoms. The molecule has 192 valence electrons. The van der Waals surface area contributed by atoms with Crippen LogP contribution < -0.4 is 4.74 Å². The predicted molar refractivity (Wildman–Crippen MR) is 139 cm³/mol. The Morgan fingerprint density at radius 2 is 1.51 bits per heavy atom. The van der Waals surface area contributed by atoms with Crippen LogP contribution in [0.15, 0.2) is 36.4 Å². The van der Waals surface area contributed by atoms with Gasteiger partial charge in [-0.05, 0) is 66.5 Å². The normalized spacial score (nSPS) is 12.8. The summed E-state index contributed by atoms with van der Waals surface area (Å²) in [6, 6.07) is 12.1. The molecule has 0 saturated heterocycles. The van der Waals surface area contributed by atoms with Gasteiger partial charge in [-0.15, -0.1) is 0 Å². The first kappa shape index (κ1) is 28.4. The van der Waals surface area contributed by atoms with E-state index < -0.39 is 12.1 Å². The molecule has 0 saturated carbocycles. The van der Waals surface area contributed by atoms with Crippen LogP contribution in [0.2, 0.25) is 0 Å². The summed E-state index contributed by atoms with van der Waals surface area (Å²) >= 11 is 0. The first-order chi connectivity index (χ1) is 16.3. The average molecular weight is 484 g/mol. The van der Waals surface area contributed by atoms with Gasteiger partial charge < -0.3 is 19.8 Å². The Bertz CT molecular complexity index is 1050. The number of hydrogen-bond donors (Lipinski definition) is 2. The first-order valence-electron chi connectivity index (χ1n) is 12.3. The molecule has 0 aromatic heterocycles. The minimum absolute atomic E-state index is 0.237. The van der Waals surface area contributed by atoms with Crippen molar-refractivity contribution in [2.24, 2.45) is 5.41 Å². The average Bonchev–Trinajstić information content (AvgIpc) is 2.78. The summed E-state index contributed by atoms with van der Waals surface area (Å²) in [6.45, 7) is 14.1. The van der Waals surface area contributed by atoms with E-state index >= 15 is 0 Å². The monoisotopic (exact) mass is 483 g/mol. The van der Waals surface area contributed by atoms with E-state index in [-0.39, 0.29) is 29.9 Å². The fraction of sp³-hybridized carbons (Fsp3) is 0.517. The van der Waals surface area contributed by atoms with Crippen LogP contribution in [0.3, 0.4) is 0 Å². The Morgan fingerprint density at radius 1 is 0.971 bits per heavy atom. The molecule has 2 N–H and O–H groups in total. The minimum Gasteiger partial charge on any atom is -0.491 e. The van der Waals surface area contributed by atoms with Gasteiger partial charge in [-0.25, -0.2) is 0 Å². The molecule has 0 aliphatic carbocycles. The molecule has 0 spiro atoms. The molecule has 2 rings (SSSR count). The fourth-order valence-corrected chi connectivity index (χ4v) is 4.44. The molecule has 35 heavy (non-hydrogen) atoms. The van der Waals surface area contributed by atoms with E-state index in [0.29, 0.717) is 5.56 Å². The van der Waals surface area contributed by atoms with Crippen LogP contribution in [0.4, 0.5) is 0 Å². The lowest BCUT2D eigenvalue weighted by Crippen LogP contribution is -2.32. The molecule has 2 aromatic rings. The highest BCUT2D eigenvalue weighted by Crippen LogP contribution is 2.41. The van der Waals surface area contributed by atoms with Gasteiger partial charge in [-0.3, -0.25) is 9.59 Å². The number of likely N-dealkylation sites (N-methyl/N-ethyl adjacent to an activating group) is 1. The third-order valence-corrected chi connectivity index (χ3v) is 7.06. The molecule has 2 aromatic carbocycles. The van der Waals surface area contributed by atoms with E-state index in [0.717, 1.165) is 35.3 Å². The second-order valence-corrected chi connectivity index (χ2v) is 10.5. The maximum absolute atomic E-state index is 12.8. The predicted octanol–water partition coefficient (Wildman–Crippen LogP) is 5.35. The van der Waals surface area contributed by atoms with Gasteiger partial charge in [0.1, 0.15) is 18.9 Å². The third kappa shape index (κ3) is 6.43. The van der Waals surface area contributed by atoms with E-state index in [1.54, 1.807) is 0 Å². The van der Waals surface area contributed by atoms with Gasteiger partial charge >= 0.3 is 5.97 Å². The summed E-state index contributed by atoms with van der Waals surface area (Å²) in [5.74, 6) is -0.580. The van der Waals surface area contributed by atoms with Crippen LogP contribution in [0.5, 0.6) is 5.75 Å². The number of amides is 1. The van der Waals surface area contributed by atoms with Crippen molar-refractivity contribution >= 4 is 11.9 Å². The highest BCUT2D eigenvalue weighted by molar-refractivity contribution is 5.97. The molecular weight excluding hydrogens is 442 g/mol. The standard InChI is InChI=1S/C29H41NO5/c1-9-29(10-2,21-11-13-23(19(3)15-21)27(34)30(8)17-26(32)33)22-12-14-24(20(4)16-22)35-18-25(31)28(5,6)7/h11-16,25,31H,9-10,17-18H2,1-8H3,(H,32,33). The lowest BCUT2D eigenvalue weighted by molar-refractivity contribution is -0.137. The van der Waals surface area contributed by atoms with Crippen molar-refractivity contribution in [1.82, 2.24) is 4.90 Å². The summed E-state index contributed by atoms with van der Waals surface area (Å²) in [5, 5.41) is 19.3. The van der Waals surface area contributed by atoms with E-state index in [1.807, 2.05) is 58.9 Å². The van der Waals surface area contributed by atoms with Gasteiger partial charge in [0.15, 0.2) is 0 Å². The lowest BCUT2D eigenvalue weighted by atomic mass is 9.70. The number of rotatable bonds is 10. The number of benzene rings is 2. The zero-order chi connectivity index (χ0) is 26.6. The summed E-state index contributed by atoms with van der Waals surface area (Å²) < 4.78 is 5.94. The molecule has 0 fully saturated rings. The quantitative estimate of drug-likeness (QED) is 0.476. The van der Waals surface area contributed by atoms with Crippen LogP contribution in [-0.2, 0) is 10.2 Å². The number of aliphatic hydroxyl groups is 1. The Hall–Kier alpha value is -2.86. The van der Waals surface area contributed by atoms with Crippen molar-refractivity contribution in [1.29, 1.82) is 0 Å². The SMILES string of the molecule is CCC(CC)(c1ccc(OCC(O)C(C)(C)C)c(C)c1)c1ccc(C(=O)N(C)CC(=O)O)c(C)c1. The van der Waals surface area contributed by atoms with Gasteiger partial charge in [0.05, 0.1) is 6.10 Å². The smallest absolute Gasteiger partial charge is 0.323 e. The largest absolute Gasteiger partial charge is 0.491 e. The Labute approximate surface area is 209 Å². The number of carboxylic acids is 1. The molecular formula is C29H41NO5. The zero-order valence-corrected chi connectivity index (χ0v) is 22.4. The minimum atomic E-state index is -1.04. The summed E-state index contributed by atoms with van der Waals surface area (Å²) in [7, 11) is 1.50. The van der Waals surface area contributed by atoms with Gasteiger partial charge in [-0.1, -0.05) is 58.9 Å². The summed E-state index contributed by atoms with van der Waals surface area (Å²) in [5.41, 5.74) is 4.14. The number of carboxylic acid groups (broad SMARTS) is 1. The number of aliphatic hydroxyl groups excluding tert-OH is 1. The molecule has 6 heteroatoms. The molecule has 1 atom stereocenters. The van der Waals surface area contributed by atoms with Crippen molar-refractivity contribution < 1.29 is 24.5 Å². The Kier molecular flexibility index (Phi) is 9.12. The zero-order valence-electron chi connectivity index (χ0n) is 22.4. The van der Waals surface area contributed by atoms with E-state index in [4.69, 9.17) is 9.84 Å². The number of ether oxygens (including phenoxy) is 1. The maximum atomic E-state index is 12.8. The van der Waals surface area contributed by atoms with Crippen molar-refractivity contribution in [3.63, 3.8) is 0 Å². The molecule has 0 radical (unpaired) electrons. The number of nitrogens with zero attached hydrogens (tertiary/aromatic N) is 1. The highest BCUT2D eigenvalue weighted by Gasteiger charge is 2.32. The number of aryl methyl sites for hydroxylation is 2. The molecule has 0 aliphatic heterocycles. The fourth-order valence-electron chi connectivity index (χ4n) is 4.44. The van der Waals surface area contributed by atoms with E-state index in [1.165, 1.54) is 17.5 Å². The summed E-state index contributed by atoms with van der Waals surface area (Å²) in [6.07, 6.45) is 1.18. The lowest BCUT2D eigenvalue weighted by Gasteiger charge is -2.34. The van der Waals surface area contributed by atoms with Gasteiger partial charge in [0.2, 0.25) is 0 Å². The van der Waals surface area contributed by atoms with E-state index in [9.17, 15) is 14.7 Å². The molecule has 1 unspecified atom stereocenters. The first-order valence-corrected chi connectivity index (χ1v) is 12.3. The Morgan fingerprint density at radius 3 is 1.97 bits per heavy atom. The second kappa shape index (κ2) is 11.3. The number of carbonyl (C=O) groups excluding carboxylic acids is 1. The number of hydrogen-bond acceptors (Lipinski definition) is 4. The van der Waals surface area contributed by atoms with Crippen LogP contribution in [0.1, 0.15) is 80.1 Å². The van der Waals surface area contributed by atoms with Crippen molar-refractivity contribution in [3.05, 3.63) is 64.2 Å². The molecule has 0 heterocycles. The van der Waals surface area contributed by atoms with Crippen molar-refractivity contribution in [2.45, 2.75) is 72.8 Å². The van der Waals surface area contributed by atoms with Crippen molar-refractivity contribution in [3.8, 4) is 5.75 Å². The second-order valence-electron chi connectivity index (χ2n) is 10.5. The van der Waals surface area contributed by atoms with Gasteiger partial charge in [0, 0.05) is 18.0 Å². The van der Waals surface area contributed by atoms with Crippen LogP contribution in [-0.4, -0.2) is 53.3 Å². The molecule has 6 nitrogen and oxygen atoms in total. The van der Waals surface area contributed by atoms with E-state index in [2.05, 4.69) is 26.0 Å². The summed E-state index contributed by atoms with van der Waals surface area (Å²) in [4.78, 5) is 25.0. The van der Waals surface area contributed by atoms with Gasteiger partial charge in [-0.2, -0.15) is 0 Å². The van der Waals surface area contributed by atoms with Crippen LogP contribution >= 0.6 is 0 Å². The number of carbonyl (C=O) groups is 2. The maximum Gasteiger partial charge on any atom is 0.323 e. The molecule has 1 amide bonds. The number of aliphatic carboxylic acids is 1.